The fourth-order valence-electron chi connectivity index (χ4n) is 2.75. The van der Waals surface area contributed by atoms with Gasteiger partial charge in [0.05, 0.1) is 9.79 Å². The molecule has 122 valence electrons. The molecule has 23 heavy (non-hydrogen) atoms. The molecule has 3 rings (SSSR count). The molecule has 0 bridgehead atoms. The van der Waals surface area contributed by atoms with Gasteiger partial charge in [-0.1, -0.05) is 29.8 Å². The van der Waals surface area contributed by atoms with Crippen LogP contribution in [0.3, 0.4) is 0 Å². The summed E-state index contributed by atoms with van der Waals surface area (Å²) in [6.45, 7) is 6.90. The number of hydrogen-bond donors (Lipinski definition) is 1. The number of nitrogens with zero attached hydrogens (tertiary/aromatic N) is 1. The van der Waals surface area contributed by atoms with Gasteiger partial charge in [-0.25, -0.2) is 8.42 Å². The van der Waals surface area contributed by atoms with E-state index in [2.05, 4.69) is 10.2 Å². The quantitative estimate of drug-likeness (QED) is 0.934. The van der Waals surface area contributed by atoms with Gasteiger partial charge < -0.3 is 5.32 Å². The average molecular weight is 330 g/mol. The fourth-order valence-corrected chi connectivity index (χ4v) is 4.02. The first kappa shape index (κ1) is 16.2. The third kappa shape index (κ3) is 3.80. The Morgan fingerprint density at radius 1 is 0.913 bits per heavy atom. The minimum Gasteiger partial charge on any atom is -0.314 e. The Morgan fingerprint density at radius 2 is 1.43 bits per heavy atom. The van der Waals surface area contributed by atoms with Crippen LogP contribution in [0.2, 0.25) is 0 Å². The van der Waals surface area contributed by atoms with Crippen molar-refractivity contribution >= 4 is 9.84 Å². The number of hydrogen-bond acceptors (Lipinski definition) is 4. The van der Waals surface area contributed by atoms with Crippen LogP contribution in [0, 0.1) is 6.92 Å². The number of sulfone groups is 1. The van der Waals surface area contributed by atoms with Crippen molar-refractivity contribution in [1.29, 1.82) is 0 Å². The monoisotopic (exact) mass is 330 g/mol. The van der Waals surface area contributed by atoms with E-state index >= 15 is 0 Å². The Hall–Kier alpha value is -1.69. The molecule has 0 radical (unpaired) electrons. The second-order valence-electron chi connectivity index (χ2n) is 5.99. The van der Waals surface area contributed by atoms with Crippen LogP contribution >= 0.6 is 0 Å². The summed E-state index contributed by atoms with van der Waals surface area (Å²) in [5, 5.41) is 3.33. The molecule has 0 unspecified atom stereocenters. The molecule has 0 amide bonds. The zero-order valence-corrected chi connectivity index (χ0v) is 14.1. The van der Waals surface area contributed by atoms with Crippen LogP contribution in [0.25, 0.3) is 0 Å². The van der Waals surface area contributed by atoms with Gasteiger partial charge in [-0.05, 0) is 36.8 Å². The number of rotatable bonds is 4. The van der Waals surface area contributed by atoms with Gasteiger partial charge >= 0.3 is 0 Å². The van der Waals surface area contributed by atoms with Gasteiger partial charge in [0.1, 0.15) is 0 Å². The molecule has 0 spiro atoms. The van der Waals surface area contributed by atoms with Crippen molar-refractivity contribution in [3.05, 3.63) is 59.7 Å². The zero-order valence-electron chi connectivity index (χ0n) is 13.3. The van der Waals surface area contributed by atoms with Gasteiger partial charge in [-0.3, -0.25) is 4.90 Å². The highest BCUT2D eigenvalue weighted by Gasteiger charge is 2.17. The predicted octanol–water partition coefficient (Wildman–Crippen LogP) is 2.23. The lowest BCUT2D eigenvalue weighted by Crippen LogP contribution is -2.42. The summed E-state index contributed by atoms with van der Waals surface area (Å²) in [4.78, 5) is 3.07. The van der Waals surface area contributed by atoms with Crippen LogP contribution in [-0.4, -0.2) is 39.5 Å². The Kier molecular flexibility index (Phi) is 4.80. The standard InChI is InChI=1S/C18H22N2O2S/c1-15-2-6-17(7-3-15)23(21,22)18-8-4-16(5-9-18)14-20-12-10-19-11-13-20/h2-9,19H,10-14H2,1H3. The van der Waals surface area contributed by atoms with Gasteiger partial charge in [0.25, 0.3) is 0 Å². The molecule has 1 saturated heterocycles. The molecule has 4 nitrogen and oxygen atoms in total. The minimum atomic E-state index is -3.43. The van der Waals surface area contributed by atoms with Gasteiger partial charge in [-0.2, -0.15) is 0 Å². The van der Waals surface area contributed by atoms with Crippen molar-refractivity contribution in [3.63, 3.8) is 0 Å². The Labute approximate surface area is 138 Å². The van der Waals surface area contributed by atoms with E-state index in [0.29, 0.717) is 9.79 Å². The van der Waals surface area contributed by atoms with E-state index in [4.69, 9.17) is 0 Å². The molecule has 1 heterocycles. The summed E-state index contributed by atoms with van der Waals surface area (Å²) in [6, 6.07) is 14.3. The van der Waals surface area contributed by atoms with Gasteiger partial charge in [-0.15, -0.1) is 0 Å². The summed E-state index contributed by atoms with van der Waals surface area (Å²) < 4.78 is 25.3. The molecule has 1 N–H and O–H groups in total. The largest absolute Gasteiger partial charge is 0.314 e. The maximum absolute atomic E-state index is 12.6. The molecule has 0 aliphatic carbocycles. The second-order valence-corrected chi connectivity index (χ2v) is 7.94. The van der Waals surface area contributed by atoms with E-state index in [-0.39, 0.29) is 0 Å². The van der Waals surface area contributed by atoms with E-state index in [1.54, 1.807) is 24.3 Å². The molecule has 2 aromatic rings. The van der Waals surface area contributed by atoms with Gasteiger partial charge in [0.2, 0.25) is 9.84 Å². The van der Waals surface area contributed by atoms with Crippen LogP contribution in [0.5, 0.6) is 0 Å². The lowest BCUT2D eigenvalue weighted by molar-refractivity contribution is 0.233. The zero-order chi connectivity index (χ0) is 16.3. The first-order valence-corrected chi connectivity index (χ1v) is 9.38. The maximum Gasteiger partial charge on any atom is 0.206 e. The van der Waals surface area contributed by atoms with Crippen molar-refractivity contribution < 1.29 is 8.42 Å². The maximum atomic E-state index is 12.6. The van der Waals surface area contributed by atoms with Crippen molar-refractivity contribution in [2.24, 2.45) is 0 Å². The number of piperazine rings is 1. The van der Waals surface area contributed by atoms with E-state index < -0.39 is 9.84 Å². The molecule has 0 aromatic heterocycles. The number of nitrogens with one attached hydrogen (secondary N) is 1. The summed E-state index contributed by atoms with van der Waals surface area (Å²) in [7, 11) is -3.43. The Bertz CT molecular complexity index is 747. The molecular weight excluding hydrogens is 308 g/mol. The molecule has 2 aromatic carbocycles. The minimum absolute atomic E-state index is 0.345. The average Bonchev–Trinajstić information content (AvgIpc) is 2.57. The van der Waals surface area contributed by atoms with Crippen molar-refractivity contribution in [2.75, 3.05) is 26.2 Å². The van der Waals surface area contributed by atoms with Crippen LogP contribution in [0.1, 0.15) is 11.1 Å². The SMILES string of the molecule is Cc1ccc(S(=O)(=O)c2ccc(CN3CCNCC3)cc2)cc1. The third-order valence-electron chi connectivity index (χ3n) is 4.18. The Balaban J connectivity index is 1.76. The van der Waals surface area contributed by atoms with Gasteiger partial charge in [0, 0.05) is 32.7 Å². The van der Waals surface area contributed by atoms with E-state index in [9.17, 15) is 8.42 Å². The summed E-state index contributed by atoms with van der Waals surface area (Å²) in [5.41, 5.74) is 2.20. The van der Waals surface area contributed by atoms with Crippen LogP contribution in [0.4, 0.5) is 0 Å². The van der Waals surface area contributed by atoms with Crippen molar-refractivity contribution in [2.45, 2.75) is 23.3 Å². The van der Waals surface area contributed by atoms with Crippen LogP contribution < -0.4 is 5.32 Å². The summed E-state index contributed by atoms with van der Waals surface area (Å²) >= 11 is 0. The topological polar surface area (TPSA) is 49.4 Å². The van der Waals surface area contributed by atoms with Crippen molar-refractivity contribution in [3.8, 4) is 0 Å². The molecule has 5 heteroatoms. The van der Waals surface area contributed by atoms with E-state index in [0.717, 1.165) is 43.9 Å². The highest BCUT2D eigenvalue weighted by Crippen LogP contribution is 2.22. The molecule has 1 fully saturated rings. The number of benzene rings is 2. The van der Waals surface area contributed by atoms with Crippen LogP contribution in [0.15, 0.2) is 58.3 Å². The molecule has 1 aliphatic heterocycles. The first-order valence-electron chi connectivity index (χ1n) is 7.89. The normalized spacial score (nSPS) is 16.4. The summed E-state index contributed by atoms with van der Waals surface area (Å²) in [6.07, 6.45) is 0. The molecular formula is C18H22N2O2S. The van der Waals surface area contributed by atoms with Crippen molar-refractivity contribution in [1.82, 2.24) is 10.2 Å². The van der Waals surface area contributed by atoms with Crippen LogP contribution in [-0.2, 0) is 16.4 Å². The lowest BCUT2D eigenvalue weighted by atomic mass is 10.2. The molecule has 0 atom stereocenters. The third-order valence-corrected chi connectivity index (χ3v) is 5.97. The highest BCUT2D eigenvalue weighted by atomic mass is 32.2. The summed E-state index contributed by atoms with van der Waals surface area (Å²) in [5.74, 6) is 0. The molecule has 0 saturated carbocycles. The van der Waals surface area contributed by atoms with E-state index in [1.807, 2.05) is 31.2 Å². The van der Waals surface area contributed by atoms with Gasteiger partial charge in [0.15, 0.2) is 0 Å². The predicted molar refractivity (Wildman–Crippen MR) is 91.2 cm³/mol. The smallest absolute Gasteiger partial charge is 0.206 e. The second kappa shape index (κ2) is 6.83. The number of aryl methyl sites for hydroxylation is 1. The van der Waals surface area contributed by atoms with E-state index in [1.165, 1.54) is 0 Å². The first-order chi connectivity index (χ1) is 11.1. The molecule has 1 aliphatic rings. The fraction of sp³-hybridized carbons (Fsp3) is 0.333. The highest BCUT2D eigenvalue weighted by molar-refractivity contribution is 7.91. The lowest BCUT2D eigenvalue weighted by Gasteiger charge is -2.27. The Morgan fingerprint density at radius 3 is 2.00 bits per heavy atom.